The average molecular weight is 410 g/mol. The van der Waals surface area contributed by atoms with Crippen LogP contribution in [0.2, 0.25) is 0 Å². The third kappa shape index (κ3) is 5.44. The highest BCUT2D eigenvalue weighted by Crippen LogP contribution is 2.21. The fraction of sp³-hybridized carbons (Fsp3) is 0.364. The number of aromatic nitrogens is 4. The van der Waals surface area contributed by atoms with Crippen LogP contribution in [0.25, 0.3) is 5.69 Å². The molecule has 1 aromatic heterocycles. The van der Waals surface area contributed by atoms with E-state index in [-0.39, 0.29) is 5.91 Å². The van der Waals surface area contributed by atoms with Gasteiger partial charge in [0.2, 0.25) is 11.1 Å². The van der Waals surface area contributed by atoms with Gasteiger partial charge in [0.15, 0.2) is 0 Å². The Bertz CT molecular complexity index is 968. The summed E-state index contributed by atoms with van der Waals surface area (Å²) in [4.78, 5) is 14.8. The van der Waals surface area contributed by atoms with Gasteiger partial charge in [0, 0.05) is 13.1 Å². The smallest absolute Gasteiger partial charge is 0.233 e. The van der Waals surface area contributed by atoms with Gasteiger partial charge in [-0.05, 0) is 66.4 Å². The van der Waals surface area contributed by atoms with Gasteiger partial charge in [-0.3, -0.25) is 4.79 Å². The Morgan fingerprint density at radius 3 is 2.52 bits per heavy atom. The van der Waals surface area contributed by atoms with Crippen molar-refractivity contribution < 1.29 is 4.79 Å². The lowest BCUT2D eigenvalue weighted by Gasteiger charge is -2.22. The normalized spacial score (nSPS) is 10.9. The molecular formula is C22H27N5OS. The van der Waals surface area contributed by atoms with Crippen LogP contribution in [0.15, 0.2) is 47.6 Å². The van der Waals surface area contributed by atoms with E-state index in [0.717, 1.165) is 24.2 Å². The Labute approximate surface area is 176 Å². The molecule has 0 fully saturated rings. The van der Waals surface area contributed by atoms with Crippen molar-refractivity contribution in [2.75, 3.05) is 12.3 Å². The number of amides is 1. The number of carbonyl (C=O) groups is 1. The molecule has 7 heteroatoms. The van der Waals surface area contributed by atoms with Crippen LogP contribution < -0.4 is 0 Å². The molecule has 0 aliphatic carbocycles. The van der Waals surface area contributed by atoms with E-state index < -0.39 is 0 Å². The van der Waals surface area contributed by atoms with E-state index in [9.17, 15) is 4.79 Å². The van der Waals surface area contributed by atoms with Gasteiger partial charge in [0.1, 0.15) is 0 Å². The van der Waals surface area contributed by atoms with E-state index >= 15 is 0 Å². The SMILES string of the molecule is CCCN(Cc1ccc(C)cc1)C(=O)CSc1nnnn1-c1ccc(C)c(C)c1. The maximum atomic E-state index is 12.9. The fourth-order valence-corrected chi connectivity index (χ4v) is 3.78. The number of hydrogen-bond donors (Lipinski definition) is 0. The van der Waals surface area contributed by atoms with E-state index in [0.29, 0.717) is 17.5 Å². The van der Waals surface area contributed by atoms with Crippen LogP contribution >= 0.6 is 11.8 Å². The van der Waals surface area contributed by atoms with Crippen molar-refractivity contribution in [3.63, 3.8) is 0 Å². The molecular weight excluding hydrogens is 382 g/mol. The Kier molecular flexibility index (Phi) is 7.04. The van der Waals surface area contributed by atoms with Crippen LogP contribution in [-0.4, -0.2) is 43.3 Å². The van der Waals surface area contributed by atoms with Crippen LogP contribution in [0.1, 0.15) is 35.6 Å². The molecule has 1 heterocycles. The highest BCUT2D eigenvalue weighted by Gasteiger charge is 2.17. The summed E-state index contributed by atoms with van der Waals surface area (Å²) in [6, 6.07) is 14.4. The summed E-state index contributed by atoms with van der Waals surface area (Å²) >= 11 is 1.37. The Morgan fingerprint density at radius 1 is 1.07 bits per heavy atom. The molecule has 0 saturated carbocycles. The van der Waals surface area contributed by atoms with Gasteiger partial charge >= 0.3 is 0 Å². The number of carbonyl (C=O) groups excluding carboxylic acids is 1. The van der Waals surface area contributed by atoms with Crippen molar-refractivity contribution in [2.45, 2.75) is 45.8 Å². The van der Waals surface area contributed by atoms with E-state index in [1.165, 1.54) is 28.5 Å². The second-order valence-electron chi connectivity index (χ2n) is 7.23. The number of benzene rings is 2. The molecule has 3 aromatic rings. The molecule has 2 aromatic carbocycles. The van der Waals surface area contributed by atoms with Crippen molar-refractivity contribution in [3.8, 4) is 5.69 Å². The first-order valence-electron chi connectivity index (χ1n) is 9.80. The van der Waals surface area contributed by atoms with E-state index in [2.05, 4.69) is 79.6 Å². The molecule has 0 bridgehead atoms. The highest BCUT2D eigenvalue weighted by atomic mass is 32.2. The van der Waals surface area contributed by atoms with E-state index in [4.69, 9.17) is 0 Å². The van der Waals surface area contributed by atoms with Gasteiger partial charge in [-0.2, -0.15) is 4.68 Å². The Hall–Kier alpha value is -2.67. The van der Waals surface area contributed by atoms with Crippen LogP contribution in [0.3, 0.4) is 0 Å². The molecule has 3 rings (SSSR count). The van der Waals surface area contributed by atoms with Crippen molar-refractivity contribution in [2.24, 2.45) is 0 Å². The first kappa shape index (κ1) is 21.0. The minimum absolute atomic E-state index is 0.0899. The molecule has 0 saturated heterocycles. The number of hydrogen-bond acceptors (Lipinski definition) is 5. The molecule has 0 unspecified atom stereocenters. The standard InChI is InChI=1S/C22H27N5OS/c1-5-12-26(14-19-9-6-16(2)7-10-19)21(28)15-29-22-23-24-25-27(22)20-11-8-17(3)18(4)13-20/h6-11,13H,5,12,14-15H2,1-4H3. The Balaban J connectivity index is 1.68. The first-order chi connectivity index (χ1) is 14.0. The molecule has 0 radical (unpaired) electrons. The summed E-state index contributed by atoms with van der Waals surface area (Å²) in [6.07, 6.45) is 0.919. The molecule has 6 nitrogen and oxygen atoms in total. The molecule has 0 N–H and O–H groups in total. The largest absolute Gasteiger partial charge is 0.338 e. The van der Waals surface area contributed by atoms with Gasteiger partial charge in [-0.1, -0.05) is 54.6 Å². The van der Waals surface area contributed by atoms with Gasteiger partial charge in [-0.25, -0.2) is 0 Å². The van der Waals surface area contributed by atoms with E-state index in [1.54, 1.807) is 4.68 Å². The minimum Gasteiger partial charge on any atom is -0.338 e. The molecule has 0 spiro atoms. The van der Waals surface area contributed by atoms with Crippen LogP contribution in [0.4, 0.5) is 0 Å². The van der Waals surface area contributed by atoms with Gasteiger partial charge in [0.05, 0.1) is 11.4 Å². The number of rotatable bonds is 8. The van der Waals surface area contributed by atoms with Crippen molar-refractivity contribution in [3.05, 3.63) is 64.7 Å². The third-order valence-electron chi connectivity index (χ3n) is 4.84. The zero-order valence-electron chi connectivity index (χ0n) is 17.4. The first-order valence-corrected chi connectivity index (χ1v) is 10.8. The van der Waals surface area contributed by atoms with Gasteiger partial charge in [0.25, 0.3) is 0 Å². The summed E-state index contributed by atoms with van der Waals surface area (Å²) in [6.45, 7) is 9.64. The predicted molar refractivity (Wildman–Crippen MR) is 116 cm³/mol. The average Bonchev–Trinajstić information content (AvgIpc) is 3.18. The molecule has 0 aliphatic heterocycles. The second kappa shape index (κ2) is 9.69. The lowest BCUT2D eigenvalue weighted by Crippen LogP contribution is -2.32. The van der Waals surface area contributed by atoms with Crippen molar-refractivity contribution in [1.29, 1.82) is 0 Å². The fourth-order valence-electron chi connectivity index (χ4n) is 2.98. The summed E-state index contributed by atoms with van der Waals surface area (Å²) in [5, 5.41) is 12.6. The number of nitrogens with zero attached hydrogens (tertiary/aromatic N) is 5. The second-order valence-corrected chi connectivity index (χ2v) is 8.17. The Morgan fingerprint density at radius 2 is 1.83 bits per heavy atom. The molecule has 152 valence electrons. The van der Waals surface area contributed by atoms with Gasteiger partial charge < -0.3 is 4.90 Å². The number of aryl methyl sites for hydroxylation is 3. The zero-order valence-corrected chi connectivity index (χ0v) is 18.2. The molecule has 0 aliphatic rings. The molecule has 29 heavy (non-hydrogen) atoms. The van der Waals surface area contributed by atoms with Crippen LogP contribution in [-0.2, 0) is 11.3 Å². The van der Waals surface area contributed by atoms with Crippen LogP contribution in [0.5, 0.6) is 0 Å². The maximum Gasteiger partial charge on any atom is 0.233 e. The van der Waals surface area contributed by atoms with E-state index in [1.807, 2.05) is 11.0 Å². The number of tetrazole rings is 1. The van der Waals surface area contributed by atoms with Crippen LogP contribution in [0, 0.1) is 20.8 Å². The maximum absolute atomic E-state index is 12.9. The zero-order chi connectivity index (χ0) is 20.8. The quantitative estimate of drug-likeness (QED) is 0.524. The van der Waals surface area contributed by atoms with Crippen molar-refractivity contribution in [1.82, 2.24) is 25.1 Å². The van der Waals surface area contributed by atoms with Gasteiger partial charge in [-0.15, -0.1) is 5.10 Å². The number of thioether (sulfide) groups is 1. The topological polar surface area (TPSA) is 63.9 Å². The molecule has 1 amide bonds. The molecule has 0 atom stereocenters. The predicted octanol–water partition coefficient (Wildman–Crippen LogP) is 4.12. The summed E-state index contributed by atoms with van der Waals surface area (Å²) in [5.74, 6) is 0.393. The lowest BCUT2D eigenvalue weighted by atomic mass is 10.1. The summed E-state index contributed by atoms with van der Waals surface area (Å²) in [5.41, 5.74) is 5.66. The monoisotopic (exact) mass is 409 g/mol. The summed E-state index contributed by atoms with van der Waals surface area (Å²) in [7, 11) is 0. The lowest BCUT2D eigenvalue weighted by molar-refractivity contribution is -0.129. The highest BCUT2D eigenvalue weighted by molar-refractivity contribution is 7.99. The summed E-state index contributed by atoms with van der Waals surface area (Å²) < 4.78 is 1.69. The third-order valence-corrected chi connectivity index (χ3v) is 5.75. The minimum atomic E-state index is 0.0899. The van der Waals surface area contributed by atoms with Crippen molar-refractivity contribution >= 4 is 17.7 Å².